The molecular weight excluding hydrogens is 378 g/mol. The number of nitrogens with zero attached hydrogens (tertiary/aromatic N) is 4. The third-order valence-corrected chi connectivity index (χ3v) is 5.29. The van der Waals surface area contributed by atoms with E-state index >= 15 is 0 Å². The molecule has 3 aromatic rings. The van der Waals surface area contributed by atoms with Crippen LogP contribution in [-0.2, 0) is 4.74 Å². The van der Waals surface area contributed by atoms with Gasteiger partial charge in [0.1, 0.15) is 29.6 Å². The Morgan fingerprint density at radius 3 is 2.73 bits per heavy atom. The van der Waals surface area contributed by atoms with Crippen LogP contribution in [0, 0.1) is 6.92 Å². The van der Waals surface area contributed by atoms with E-state index in [2.05, 4.69) is 38.9 Å². The summed E-state index contributed by atoms with van der Waals surface area (Å²) < 4.78 is 7.69. The Bertz CT molecular complexity index is 1050. The molecule has 1 amide bonds. The maximum Gasteiger partial charge on any atom is 0.411 e. The Morgan fingerprint density at radius 2 is 1.97 bits per heavy atom. The van der Waals surface area contributed by atoms with Crippen molar-refractivity contribution in [2.45, 2.75) is 58.7 Å². The van der Waals surface area contributed by atoms with E-state index in [-0.39, 0.29) is 12.3 Å². The number of para-hydroxylation sites is 1. The van der Waals surface area contributed by atoms with Crippen LogP contribution in [0.2, 0.25) is 0 Å². The van der Waals surface area contributed by atoms with Gasteiger partial charge < -0.3 is 14.6 Å². The Kier molecular flexibility index (Phi) is 5.37. The van der Waals surface area contributed by atoms with Crippen molar-refractivity contribution < 1.29 is 9.53 Å². The molecule has 1 aliphatic heterocycles. The third-order valence-electron chi connectivity index (χ3n) is 5.29. The normalized spacial score (nSPS) is 17.2. The van der Waals surface area contributed by atoms with Gasteiger partial charge in [0.25, 0.3) is 0 Å². The largest absolute Gasteiger partial charge is 0.444 e. The minimum absolute atomic E-state index is 0.159. The predicted octanol–water partition coefficient (Wildman–Crippen LogP) is 4.89. The van der Waals surface area contributed by atoms with Crippen molar-refractivity contribution in [1.82, 2.24) is 19.4 Å². The second-order valence-electron chi connectivity index (χ2n) is 8.76. The van der Waals surface area contributed by atoms with Gasteiger partial charge in [-0.25, -0.2) is 14.8 Å². The van der Waals surface area contributed by atoms with E-state index in [0.29, 0.717) is 6.54 Å². The second kappa shape index (κ2) is 7.97. The molecule has 2 aromatic heterocycles. The van der Waals surface area contributed by atoms with E-state index in [4.69, 9.17) is 4.74 Å². The number of piperidine rings is 1. The Balaban J connectivity index is 1.63. The number of rotatable bonds is 3. The maximum atomic E-state index is 12.7. The average molecular weight is 408 g/mol. The van der Waals surface area contributed by atoms with Crippen LogP contribution in [0.25, 0.3) is 16.7 Å². The lowest BCUT2D eigenvalue weighted by atomic mass is 10.1. The fourth-order valence-electron chi connectivity index (χ4n) is 3.87. The number of aryl methyl sites for hydroxylation is 1. The molecule has 1 aromatic carbocycles. The molecule has 7 heteroatoms. The molecule has 1 aliphatic rings. The first-order valence-corrected chi connectivity index (χ1v) is 10.5. The highest BCUT2D eigenvalue weighted by Gasteiger charge is 2.31. The molecule has 4 rings (SSSR count). The first-order valence-electron chi connectivity index (χ1n) is 10.5. The van der Waals surface area contributed by atoms with Crippen LogP contribution in [0.4, 0.5) is 10.6 Å². The van der Waals surface area contributed by atoms with Gasteiger partial charge in [0.2, 0.25) is 0 Å². The molecule has 1 atom stereocenters. The molecule has 0 bridgehead atoms. The third kappa shape index (κ3) is 4.10. The molecule has 30 heavy (non-hydrogen) atoms. The fourth-order valence-corrected chi connectivity index (χ4v) is 3.87. The van der Waals surface area contributed by atoms with Crippen LogP contribution in [0.3, 0.4) is 0 Å². The first kappa shape index (κ1) is 20.2. The SMILES string of the molecule is Cc1ccccc1-n1ccc2c(NC3CCCCN3C(=O)OC(C)(C)C)ncnc21. The lowest BCUT2D eigenvalue weighted by Gasteiger charge is -2.37. The Morgan fingerprint density at radius 1 is 1.17 bits per heavy atom. The van der Waals surface area contributed by atoms with Crippen molar-refractivity contribution in [2.75, 3.05) is 11.9 Å². The summed E-state index contributed by atoms with van der Waals surface area (Å²) in [6.45, 7) is 8.42. The highest BCUT2D eigenvalue weighted by molar-refractivity contribution is 5.88. The van der Waals surface area contributed by atoms with Crippen molar-refractivity contribution in [3.8, 4) is 5.69 Å². The number of carbonyl (C=O) groups excluding carboxylic acids is 1. The van der Waals surface area contributed by atoms with Gasteiger partial charge in [0.05, 0.1) is 5.39 Å². The van der Waals surface area contributed by atoms with Gasteiger partial charge >= 0.3 is 6.09 Å². The highest BCUT2D eigenvalue weighted by atomic mass is 16.6. The second-order valence-corrected chi connectivity index (χ2v) is 8.76. The summed E-state index contributed by atoms with van der Waals surface area (Å²) in [7, 11) is 0. The topological polar surface area (TPSA) is 72.3 Å². The zero-order valence-corrected chi connectivity index (χ0v) is 18.1. The number of ether oxygens (including phenoxy) is 1. The zero-order chi connectivity index (χ0) is 21.3. The highest BCUT2D eigenvalue weighted by Crippen LogP contribution is 2.28. The summed E-state index contributed by atoms with van der Waals surface area (Å²) in [5, 5.41) is 4.41. The van der Waals surface area contributed by atoms with Gasteiger partial charge in [0.15, 0.2) is 0 Å². The number of aromatic nitrogens is 3. The van der Waals surface area contributed by atoms with Gasteiger partial charge in [-0.2, -0.15) is 0 Å². The molecule has 3 heterocycles. The molecular formula is C23H29N5O2. The van der Waals surface area contributed by atoms with Crippen molar-refractivity contribution >= 4 is 22.9 Å². The smallest absolute Gasteiger partial charge is 0.411 e. The van der Waals surface area contributed by atoms with E-state index in [0.717, 1.165) is 41.8 Å². The number of nitrogens with one attached hydrogen (secondary N) is 1. The molecule has 0 radical (unpaired) electrons. The summed E-state index contributed by atoms with van der Waals surface area (Å²) >= 11 is 0. The van der Waals surface area contributed by atoms with Gasteiger partial charge in [-0.3, -0.25) is 4.90 Å². The number of amides is 1. The van der Waals surface area contributed by atoms with E-state index in [1.807, 2.05) is 45.2 Å². The number of fused-ring (bicyclic) bond motifs is 1. The fraction of sp³-hybridized carbons (Fsp3) is 0.435. The number of likely N-dealkylation sites (tertiary alicyclic amines) is 1. The van der Waals surface area contributed by atoms with Crippen LogP contribution in [0.5, 0.6) is 0 Å². The molecule has 1 fully saturated rings. The van der Waals surface area contributed by atoms with Gasteiger partial charge in [-0.15, -0.1) is 0 Å². The monoisotopic (exact) mass is 407 g/mol. The lowest BCUT2D eigenvalue weighted by molar-refractivity contribution is 0.0130. The van der Waals surface area contributed by atoms with Gasteiger partial charge in [0, 0.05) is 18.4 Å². The van der Waals surface area contributed by atoms with Crippen LogP contribution in [0.15, 0.2) is 42.9 Å². The first-order chi connectivity index (χ1) is 14.3. The predicted molar refractivity (Wildman–Crippen MR) is 118 cm³/mol. The number of anilines is 1. The van der Waals surface area contributed by atoms with E-state index in [1.54, 1.807) is 11.2 Å². The Hall–Kier alpha value is -3.09. The van der Waals surface area contributed by atoms with E-state index in [1.165, 1.54) is 5.56 Å². The van der Waals surface area contributed by atoms with Crippen molar-refractivity contribution in [1.29, 1.82) is 0 Å². The molecule has 7 nitrogen and oxygen atoms in total. The molecule has 1 saturated heterocycles. The van der Waals surface area contributed by atoms with Crippen LogP contribution < -0.4 is 5.32 Å². The molecule has 0 saturated carbocycles. The van der Waals surface area contributed by atoms with Crippen LogP contribution in [0.1, 0.15) is 45.6 Å². The Labute approximate surface area is 177 Å². The van der Waals surface area contributed by atoms with Gasteiger partial charge in [-0.05, 0) is 64.7 Å². The van der Waals surface area contributed by atoms with Crippen LogP contribution in [-0.4, -0.2) is 43.8 Å². The molecule has 158 valence electrons. The van der Waals surface area contributed by atoms with Gasteiger partial charge in [-0.1, -0.05) is 18.2 Å². The number of carbonyl (C=O) groups is 1. The number of benzene rings is 1. The summed E-state index contributed by atoms with van der Waals surface area (Å²) in [5.41, 5.74) is 2.57. The maximum absolute atomic E-state index is 12.7. The van der Waals surface area contributed by atoms with Crippen molar-refractivity contribution in [3.05, 3.63) is 48.4 Å². The number of hydrogen-bond donors (Lipinski definition) is 1. The molecule has 1 N–H and O–H groups in total. The van der Waals surface area contributed by atoms with Crippen molar-refractivity contribution in [2.24, 2.45) is 0 Å². The quantitative estimate of drug-likeness (QED) is 0.669. The molecule has 0 aliphatic carbocycles. The zero-order valence-electron chi connectivity index (χ0n) is 18.1. The lowest BCUT2D eigenvalue weighted by Crippen LogP contribution is -2.49. The van der Waals surface area contributed by atoms with E-state index in [9.17, 15) is 4.79 Å². The van der Waals surface area contributed by atoms with Crippen molar-refractivity contribution in [3.63, 3.8) is 0 Å². The summed E-state index contributed by atoms with van der Waals surface area (Å²) in [4.78, 5) is 23.5. The van der Waals surface area contributed by atoms with Crippen LogP contribution >= 0.6 is 0 Å². The standard InChI is InChI=1S/C23H29N5O2/c1-16-9-5-6-10-18(16)27-14-12-17-20(24-15-25-21(17)27)26-19-11-7-8-13-28(19)22(29)30-23(2,3)4/h5-6,9-10,12,14-15,19H,7-8,11,13H2,1-4H3,(H,24,25,26). The summed E-state index contributed by atoms with van der Waals surface area (Å²) in [5.74, 6) is 0.729. The summed E-state index contributed by atoms with van der Waals surface area (Å²) in [6, 6.07) is 10.2. The molecule has 0 spiro atoms. The molecule has 1 unspecified atom stereocenters. The minimum atomic E-state index is -0.522. The number of hydrogen-bond acceptors (Lipinski definition) is 5. The average Bonchev–Trinajstić information content (AvgIpc) is 3.12. The summed E-state index contributed by atoms with van der Waals surface area (Å²) in [6.07, 6.45) is 6.01. The minimum Gasteiger partial charge on any atom is -0.444 e. The van der Waals surface area contributed by atoms with E-state index < -0.39 is 5.60 Å².